The van der Waals surface area contributed by atoms with Crippen molar-refractivity contribution < 1.29 is 24.3 Å². The summed E-state index contributed by atoms with van der Waals surface area (Å²) in [4.78, 5) is 24.4. The van der Waals surface area contributed by atoms with Gasteiger partial charge in [0, 0.05) is 0 Å². The highest BCUT2D eigenvalue weighted by molar-refractivity contribution is 8.26. The van der Waals surface area contributed by atoms with E-state index >= 15 is 0 Å². The lowest BCUT2D eigenvalue weighted by Gasteiger charge is -2.21. The van der Waals surface area contributed by atoms with E-state index in [2.05, 4.69) is 21.1 Å². The van der Waals surface area contributed by atoms with Gasteiger partial charge in [-0.05, 0) is 24.1 Å². The Hall–Kier alpha value is -2.00. The minimum absolute atomic E-state index is 0.279. The zero-order valence-electron chi connectivity index (χ0n) is 16.6. The van der Waals surface area contributed by atoms with E-state index in [-0.39, 0.29) is 16.8 Å². The van der Waals surface area contributed by atoms with Crippen molar-refractivity contribution in [2.75, 3.05) is 40.8 Å². The third-order valence-electron chi connectivity index (χ3n) is 3.49. The molecule has 2 rings (SSSR count). The Kier molecular flexibility index (Phi) is 9.54. The normalized spacial score (nSPS) is 16.2. The summed E-state index contributed by atoms with van der Waals surface area (Å²) in [5, 5.41) is 17.2. The minimum atomic E-state index is -1.08. The van der Waals surface area contributed by atoms with Gasteiger partial charge in [0.2, 0.25) is 0 Å². The number of hydrogen-bond donors (Lipinski definition) is 2. The van der Waals surface area contributed by atoms with Gasteiger partial charge in [0.05, 0.1) is 32.7 Å². The first kappa shape index (κ1) is 24.0. The van der Waals surface area contributed by atoms with Crippen LogP contribution >= 0.6 is 24.0 Å². The first-order chi connectivity index (χ1) is 13.0. The topological polar surface area (TPSA) is 77.8 Å². The van der Waals surface area contributed by atoms with E-state index in [1.165, 1.54) is 0 Å². The number of benzene rings is 1. The second kappa shape index (κ2) is 11.1. The second-order valence-corrected chi connectivity index (χ2v) is 8.87. The van der Waals surface area contributed by atoms with Gasteiger partial charge < -0.3 is 14.7 Å². The van der Waals surface area contributed by atoms with E-state index < -0.39 is 12.5 Å². The Bertz CT molecular complexity index is 768. The molecule has 0 spiro atoms. The van der Waals surface area contributed by atoms with E-state index in [9.17, 15) is 9.59 Å². The molecule has 0 radical (unpaired) electrons. The highest BCUT2D eigenvalue weighted by atomic mass is 32.2. The second-order valence-electron chi connectivity index (χ2n) is 7.20. The van der Waals surface area contributed by atoms with Crippen molar-refractivity contribution in [2.45, 2.75) is 6.92 Å². The Morgan fingerprint density at radius 3 is 2.32 bits per heavy atom. The Labute approximate surface area is 175 Å². The summed E-state index contributed by atoms with van der Waals surface area (Å²) in [6.45, 7) is 2.60. The number of thiocarbonyl (C=S) groups is 1. The number of thioether (sulfide) groups is 1. The first-order valence-corrected chi connectivity index (χ1v) is 9.88. The van der Waals surface area contributed by atoms with Crippen LogP contribution in [-0.4, -0.2) is 76.6 Å². The lowest BCUT2D eigenvalue weighted by Crippen LogP contribution is -2.36. The van der Waals surface area contributed by atoms with Crippen molar-refractivity contribution in [1.29, 1.82) is 0 Å². The Morgan fingerprint density at radius 2 is 1.86 bits per heavy atom. The molecule has 6 nitrogen and oxygen atoms in total. The van der Waals surface area contributed by atoms with Crippen molar-refractivity contribution in [3.8, 4) is 0 Å². The Morgan fingerprint density at radius 1 is 1.25 bits per heavy atom. The number of carboxylic acids is 1. The smallest absolute Gasteiger partial charge is 0.323 e. The number of quaternary nitrogens is 1. The molecule has 1 aromatic rings. The van der Waals surface area contributed by atoms with Gasteiger partial charge in [-0.2, -0.15) is 0 Å². The molecule has 0 saturated carbocycles. The number of likely N-dealkylation sites (N-methyl/N-ethyl adjacent to an activating group) is 1. The molecule has 152 valence electrons. The number of carbonyl (C=O) groups excluding carboxylic acids is 1. The van der Waals surface area contributed by atoms with Gasteiger partial charge in [-0.3, -0.25) is 14.5 Å². The van der Waals surface area contributed by atoms with Crippen molar-refractivity contribution in [2.24, 2.45) is 0 Å². The summed E-state index contributed by atoms with van der Waals surface area (Å²) in [7, 11) is 6.16. The molecule has 0 unspecified atom stereocenters. The number of carbonyl (C=O) groups is 2. The van der Waals surface area contributed by atoms with Crippen LogP contribution in [0.5, 0.6) is 0 Å². The average Bonchev–Trinajstić information content (AvgIpc) is 2.82. The van der Waals surface area contributed by atoms with E-state index in [0.29, 0.717) is 4.91 Å². The van der Waals surface area contributed by atoms with Crippen molar-refractivity contribution in [1.82, 2.24) is 4.90 Å². The molecule has 1 heterocycles. The summed E-state index contributed by atoms with van der Waals surface area (Å²) < 4.78 is 1.12. The van der Waals surface area contributed by atoms with Gasteiger partial charge in [-0.25, -0.2) is 0 Å². The lowest BCUT2D eigenvalue weighted by molar-refractivity contribution is -0.870. The molecule has 0 aromatic heterocycles. The summed E-state index contributed by atoms with van der Waals surface area (Å²) >= 11 is 6.17. The SMILES string of the molecule is CC(=C\c1ccccc1)/C=C1/SC(=S)N(CC(=O)O)C1=O.C[N+](C)(C)CCO. The van der Waals surface area contributed by atoms with Gasteiger partial charge in [0.1, 0.15) is 17.4 Å². The lowest BCUT2D eigenvalue weighted by atomic mass is 10.1. The standard InChI is InChI=1S/C15H13NO3S2.C5H14NO/c1-10(7-11-5-3-2-4-6-11)8-12-14(19)16(9-13(17)18)15(20)21-12;1-6(2,3)4-5-7/h2-8H,9H2,1H3,(H,17,18);7H,4-5H2,1-3H3/q;+1/b10-7+,12-8+;. The molecule has 1 saturated heterocycles. The number of amides is 1. The summed E-state index contributed by atoms with van der Waals surface area (Å²) in [5.41, 5.74) is 1.93. The predicted molar refractivity (Wildman–Crippen MR) is 118 cm³/mol. The van der Waals surface area contributed by atoms with Crippen LogP contribution < -0.4 is 0 Å². The van der Waals surface area contributed by atoms with E-state index in [4.69, 9.17) is 22.4 Å². The molecule has 8 heteroatoms. The number of carboxylic acid groups (broad SMARTS) is 1. The molecule has 0 aliphatic carbocycles. The fraction of sp³-hybridized carbons (Fsp3) is 0.350. The van der Waals surface area contributed by atoms with E-state index in [1.54, 1.807) is 6.08 Å². The van der Waals surface area contributed by atoms with Crippen LogP contribution in [0, 0.1) is 0 Å². The van der Waals surface area contributed by atoms with Crippen LogP contribution in [0.3, 0.4) is 0 Å². The predicted octanol–water partition coefficient (Wildman–Crippen LogP) is 2.60. The molecule has 28 heavy (non-hydrogen) atoms. The molecule has 1 aliphatic rings. The third kappa shape index (κ3) is 8.79. The molecule has 1 amide bonds. The third-order valence-corrected chi connectivity index (χ3v) is 4.87. The maximum absolute atomic E-state index is 12.1. The number of hydrogen-bond acceptors (Lipinski definition) is 5. The first-order valence-electron chi connectivity index (χ1n) is 8.65. The van der Waals surface area contributed by atoms with Gasteiger partial charge >= 0.3 is 5.97 Å². The quantitative estimate of drug-likeness (QED) is 0.416. The number of rotatable bonds is 6. The summed E-state index contributed by atoms with van der Waals surface area (Å²) in [5.74, 6) is -1.43. The van der Waals surface area contributed by atoms with Gasteiger partial charge in [-0.1, -0.05) is 60.4 Å². The highest BCUT2D eigenvalue weighted by Crippen LogP contribution is 2.31. The monoisotopic (exact) mass is 423 g/mol. The molecule has 0 bridgehead atoms. The van der Waals surface area contributed by atoms with Crippen LogP contribution in [0.4, 0.5) is 0 Å². The van der Waals surface area contributed by atoms with Crippen LogP contribution in [0.15, 0.2) is 46.9 Å². The zero-order chi connectivity index (χ0) is 21.3. The number of nitrogens with zero attached hydrogens (tertiary/aromatic N) is 2. The van der Waals surface area contributed by atoms with Crippen molar-refractivity contribution in [3.63, 3.8) is 0 Å². The number of aliphatic hydroxyl groups excluding tert-OH is 1. The van der Waals surface area contributed by atoms with Crippen LogP contribution in [0.1, 0.15) is 12.5 Å². The summed E-state index contributed by atoms with van der Waals surface area (Å²) in [6.07, 6.45) is 3.68. The van der Waals surface area contributed by atoms with Gasteiger partial charge in [-0.15, -0.1) is 0 Å². The number of allylic oxidation sites excluding steroid dienone is 2. The molecule has 1 aliphatic heterocycles. The van der Waals surface area contributed by atoms with Crippen molar-refractivity contribution >= 4 is 46.3 Å². The van der Waals surface area contributed by atoms with Gasteiger partial charge in [0.15, 0.2) is 0 Å². The molecule has 1 fully saturated rings. The van der Waals surface area contributed by atoms with Crippen LogP contribution in [0.25, 0.3) is 6.08 Å². The van der Waals surface area contributed by atoms with Gasteiger partial charge in [0.25, 0.3) is 5.91 Å². The fourth-order valence-corrected chi connectivity index (χ4v) is 3.44. The zero-order valence-corrected chi connectivity index (χ0v) is 18.2. The molecule has 2 N–H and O–H groups in total. The van der Waals surface area contributed by atoms with Crippen LogP contribution in [0.2, 0.25) is 0 Å². The summed E-state index contributed by atoms with van der Waals surface area (Å²) in [6, 6.07) is 9.74. The Balaban J connectivity index is 0.000000480. The number of aliphatic carboxylic acids is 1. The van der Waals surface area contributed by atoms with Crippen molar-refractivity contribution in [3.05, 3.63) is 52.4 Å². The molecular weight excluding hydrogens is 396 g/mol. The highest BCUT2D eigenvalue weighted by Gasteiger charge is 2.33. The minimum Gasteiger partial charge on any atom is -0.480 e. The van der Waals surface area contributed by atoms with Crippen LogP contribution in [-0.2, 0) is 9.59 Å². The number of aliphatic hydroxyl groups is 1. The maximum atomic E-state index is 12.1. The largest absolute Gasteiger partial charge is 0.480 e. The maximum Gasteiger partial charge on any atom is 0.323 e. The fourth-order valence-electron chi connectivity index (χ4n) is 2.13. The van der Waals surface area contributed by atoms with E-state index in [0.717, 1.165) is 38.8 Å². The molecule has 0 atom stereocenters. The van der Waals surface area contributed by atoms with E-state index in [1.807, 2.05) is 43.3 Å². The molecular formula is C20H27N2O4S2+. The average molecular weight is 424 g/mol. The molecule has 1 aromatic carbocycles.